The molecule has 2 aromatic carbocycles. The normalized spacial score (nSPS) is 16.2. The quantitative estimate of drug-likeness (QED) is 0.654. The van der Waals surface area contributed by atoms with E-state index in [0.29, 0.717) is 13.0 Å². The zero-order chi connectivity index (χ0) is 22.9. The van der Waals surface area contributed by atoms with Crippen LogP contribution in [0.1, 0.15) is 44.7 Å². The van der Waals surface area contributed by atoms with Crippen LogP contribution in [0.3, 0.4) is 0 Å². The highest BCUT2D eigenvalue weighted by atomic mass is 16.5. The first-order chi connectivity index (χ1) is 15.2. The number of hydrogen-bond donors (Lipinski definition) is 0. The van der Waals surface area contributed by atoms with Crippen molar-refractivity contribution in [1.82, 2.24) is 9.80 Å². The fraction of sp³-hybridized carbons (Fsp3) is 0.462. The number of ether oxygens (including phenoxy) is 2. The van der Waals surface area contributed by atoms with Crippen molar-refractivity contribution in [3.05, 3.63) is 47.5 Å². The number of carbonyl (C=O) groups is 1. The molecule has 1 saturated heterocycles. The maximum absolute atomic E-state index is 12.8. The number of carbonyl (C=O) groups excluding carboxylic acids is 1. The first-order valence-electron chi connectivity index (χ1n) is 11.3. The Balaban J connectivity index is 1.66. The van der Waals surface area contributed by atoms with Gasteiger partial charge in [-0.1, -0.05) is 26.8 Å². The van der Waals surface area contributed by atoms with Crippen molar-refractivity contribution in [1.29, 1.82) is 0 Å². The summed E-state index contributed by atoms with van der Waals surface area (Å²) in [5.74, 6) is 3.38. The molecule has 0 atom stereocenters. The van der Waals surface area contributed by atoms with Gasteiger partial charge in [-0.3, -0.25) is 4.79 Å². The molecule has 1 amide bonds. The van der Waals surface area contributed by atoms with Crippen LogP contribution in [-0.2, 0) is 4.79 Å². The molecule has 6 nitrogen and oxygen atoms in total. The number of methoxy groups -OCH3 is 1. The molecule has 0 N–H and O–H groups in total. The van der Waals surface area contributed by atoms with Crippen LogP contribution in [0.2, 0.25) is 0 Å². The SMILES string of the molecule is COc1ccc2c(c1)C(N1CCCN(C(=O)CC(C)(C)C)CC1)=Nc1ccc(C)cc1O2. The van der Waals surface area contributed by atoms with Gasteiger partial charge in [-0.25, -0.2) is 4.99 Å². The maximum atomic E-state index is 12.8. The summed E-state index contributed by atoms with van der Waals surface area (Å²) in [5, 5.41) is 0. The Kier molecular flexibility index (Phi) is 6.13. The van der Waals surface area contributed by atoms with Gasteiger partial charge in [0.25, 0.3) is 0 Å². The van der Waals surface area contributed by atoms with Crippen LogP contribution in [0.25, 0.3) is 0 Å². The maximum Gasteiger partial charge on any atom is 0.223 e. The van der Waals surface area contributed by atoms with E-state index in [0.717, 1.165) is 66.0 Å². The number of benzene rings is 2. The van der Waals surface area contributed by atoms with Gasteiger partial charge in [-0.15, -0.1) is 0 Å². The number of hydrogen-bond acceptors (Lipinski definition) is 5. The number of aliphatic imine (C=N–C) groups is 1. The Morgan fingerprint density at radius 2 is 1.88 bits per heavy atom. The fourth-order valence-electron chi connectivity index (χ4n) is 4.17. The number of amides is 1. The van der Waals surface area contributed by atoms with E-state index in [1.165, 1.54) is 0 Å². The van der Waals surface area contributed by atoms with Crippen molar-refractivity contribution < 1.29 is 14.3 Å². The van der Waals surface area contributed by atoms with E-state index in [-0.39, 0.29) is 11.3 Å². The average Bonchev–Trinajstić information content (AvgIpc) is 3.06. The molecular formula is C26H33N3O3. The molecule has 170 valence electrons. The van der Waals surface area contributed by atoms with Crippen molar-refractivity contribution in [3.63, 3.8) is 0 Å². The van der Waals surface area contributed by atoms with Crippen molar-refractivity contribution >= 4 is 17.4 Å². The van der Waals surface area contributed by atoms with Gasteiger partial charge in [0.15, 0.2) is 5.75 Å². The molecular weight excluding hydrogens is 402 g/mol. The monoisotopic (exact) mass is 435 g/mol. The van der Waals surface area contributed by atoms with Crippen molar-refractivity contribution in [2.75, 3.05) is 33.3 Å². The van der Waals surface area contributed by atoms with Crippen LogP contribution in [0.4, 0.5) is 5.69 Å². The highest BCUT2D eigenvalue weighted by Crippen LogP contribution is 2.40. The minimum absolute atomic E-state index is 0.0108. The number of fused-ring (bicyclic) bond motifs is 2. The Bertz CT molecular complexity index is 1040. The lowest BCUT2D eigenvalue weighted by molar-refractivity contribution is -0.132. The topological polar surface area (TPSA) is 54.4 Å². The number of rotatable bonds is 2. The summed E-state index contributed by atoms with van der Waals surface area (Å²) in [6, 6.07) is 11.9. The number of nitrogens with zero attached hydrogens (tertiary/aromatic N) is 3. The van der Waals surface area contributed by atoms with Crippen molar-refractivity contribution in [2.45, 2.75) is 40.5 Å². The van der Waals surface area contributed by atoms with Crippen molar-refractivity contribution in [2.24, 2.45) is 10.4 Å². The molecule has 32 heavy (non-hydrogen) atoms. The van der Waals surface area contributed by atoms with E-state index < -0.39 is 0 Å². The Labute approximate surface area is 190 Å². The van der Waals surface area contributed by atoms with E-state index >= 15 is 0 Å². The minimum Gasteiger partial charge on any atom is -0.497 e. The van der Waals surface area contributed by atoms with Crippen LogP contribution < -0.4 is 9.47 Å². The van der Waals surface area contributed by atoms with E-state index in [9.17, 15) is 4.79 Å². The second-order valence-electron chi connectivity index (χ2n) is 9.83. The minimum atomic E-state index is -0.0108. The van der Waals surface area contributed by atoms with Gasteiger partial charge in [0.2, 0.25) is 5.91 Å². The zero-order valence-corrected chi connectivity index (χ0v) is 19.8. The smallest absolute Gasteiger partial charge is 0.223 e. The van der Waals surface area contributed by atoms with Crippen LogP contribution in [0.5, 0.6) is 17.2 Å². The Morgan fingerprint density at radius 3 is 2.62 bits per heavy atom. The molecule has 0 radical (unpaired) electrons. The van der Waals surface area contributed by atoms with Crippen molar-refractivity contribution in [3.8, 4) is 17.2 Å². The van der Waals surface area contributed by atoms with E-state index in [4.69, 9.17) is 14.5 Å². The largest absolute Gasteiger partial charge is 0.497 e. The first kappa shape index (κ1) is 22.2. The van der Waals surface area contributed by atoms with Gasteiger partial charge in [-0.05, 0) is 54.7 Å². The lowest BCUT2D eigenvalue weighted by atomic mass is 9.91. The number of amidine groups is 1. The highest BCUT2D eigenvalue weighted by Gasteiger charge is 2.28. The predicted octanol–water partition coefficient (Wildman–Crippen LogP) is 5.16. The summed E-state index contributed by atoms with van der Waals surface area (Å²) < 4.78 is 11.8. The van der Waals surface area contributed by atoms with Gasteiger partial charge in [0, 0.05) is 32.6 Å². The molecule has 2 aliphatic rings. The fourth-order valence-corrected chi connectivity index (χ4v) is 4.17. The molecule has 4 rings (SSSR count). The number of aryl methyl sites for hydroxylation is 1. The Morgan fingerprint density at radius 1 is 1.06 bits per heavy atom. The summed E-state index contributed by atoms with van der Waals surface area (Å²) in [6.45, 7) is 11.4. The summed E-state index contributed by atoms with van der Waals surface area (Å²) >= 11 is 0. The second-order valence-corrected chi connectivity index (χ2v) is 9.83. The van der Waals surface area contributed by atoms with E-state index in [1.54, 1.807) is 7.11 Å². The van der Waals surface area contributed by atoms with Gasteiger partial charge in [-0.2, -0.15) is 0 Å². The van der Waals surface area contributed by atoms with Gasteiger partial charge in [0.05, 0.1) is 12.7 Å². The predicted molar refractivity (Wildman–Crippen MR) is 127 cm³/mol. The average molecular weight is 436 g/mol. The third-order valence-corrected chi connectivity index (χ3v) is 5.82. The lowest BCUT2D eigenvalue weighted by Gasteiger charge is -2.27. The molecule has 0 saturated carbocycles. The van der Waals surface area contributed by atoms with Crippen LogP contribution in [0.15, 0.2) is 41.4 Å². The standard InChI is InChI=1S/C26H33N3O3/c1-18-7-9-21-23(15-18)32-22-10-8-19(31-5)16-20(22)25(27-21)29-12-6-11-28(13-14-29)24(30)17-26(2,3)4/h7-10,15-16H,6,11-14,17H2,1-5H3. The van der Waals surface area contributed by atoms with Gasteiger partial charge >= 0.3 is 0 Å². The molecule has 0 unspecified atom stereocenters. The zero-order valence-electron chi connectivity index (χ0n) is 19.8. The van der Waals surface area contributed by atoms with Crippen LogP contribution >= 0.6 is 0 Å². The van der Waals surface area contributed by atoms with E-state index in [2.05, 4.69) is 31.7 Å². The summed E-state index contributed by atoms with van der Waals surface area (Å²) in [6.07, 6.45) is 1.46. The van der Waals surface area contributed by atoms with Gasteiger partial charge < -0.3 is 19.3 Å². The third-order valence-electron chi connectivity index (χ3n) is 5.82. The molecule has 2 aliphatic heterocycles. The lowest BCUT2D eigenvalue weighted by Crippen LogP contribution is -2.38. The molecule has 0 aromatic heterocycles. The second kappa shape index (κ2) is 8.85. The molecule has 0 bridgehead atoms. The molecule has 1 fully saturated rings. The van der Waals surface area contributed by atoms with E-state index in [1.807, 2.05) is 42.2 Å². The van der Waals surface area contributed by atoms with Gasteiger partial charge in [0.1, 0.15) is 23.0 Å². The molecule has 2 aromatic rings. The molecule has 0 aliphatic carbocycles. The Hall–Kier alpha value is -3.02. The molecule has 6 heteroatoms. The summed E-state index contributed by atoms with van der Waals surface area (Å²) in [7, 11) is 1.67. The highest BCUT2D eigenvalue weighted by molar-refractivity contribution is 6.04. The van der Waals surface area contributed by atoms with Crippen LogP contribution in [-0.4, -0.2) is 54.8 Å². The third kappa shape index (κ3) is 4.90. The first-order valence-corrected chi connectivity index (χ1v) is 11.3. The molecule has 0 spiro atoms. The summed E-state index contributed by atoms with van der Waals surface area (Å²) in [4.78, 5) is 22.2. The molecule has 2 heterocycles. The summed E-state index contributed by atoms with van der Waals surface area (Å²) in [5.41, 5.74) is 2.84. The van der Waals surface area contributed by atoms with Crippen LogP contribution in [0, 0.1) is 12.3 Å².